The number of rotatable bonds is 6. The van der Waals surface area contributed by atoms with Crippen molar-refractivity contribution in [3.63, 3.8) is 0 Å². The third-order valence-electron chi connectivity index (χ3n) is 3.61. The largest absolute Gasteiger partial charge is 0.508 e. The fourth-order valence-corrected chi connectivity index (χ4v) is 3.38. The number of nitrogens with one attached hydrogen (secondary N) is 2. The minimum atomic E-state index is -0.192. The predicted molar refractivity (Wildman–Crippen MR) is 98.7 cm³/mol. The smallest absolute Gasteiger partial charge is 0.317 e. The fraction of sp³-hybridized carbons (Fsp3) is 0.167. The topological polar surface area (TPSA) is 81.4 Å². The van der Waals surface area contributed by atoms with Crippen LogP contribution in [-0.2, 0) is 11.3 Å². The lowest BCUT2D eigenvalue weighted by Gasteiger charge is -1.99. The number of aromatic amines is 1. The minimum Gasteiger partial charge on any atom is -0.508 e. The molecule has 1 heterocycles. The highest BCUT2D eigenvalue weighted by atomic mass is 32.2. The molecule has 0 radical (unpaired) electrons. The van der Waals surface area contributed by atoms with E-state index in [1.165, 1.54) is 18.0 Å². The van der Waals surface area contributed by atoms with E-state index in [4.69, 9.17) is 0 Å². The van der Waals surface area contributed by atoms with Gasteiger partial charge in [-0.3, -0.25) is 4.79 Å². The van der Waals surface area contributed by atoms with Crippen LogP contribution >= 0.6 is 11.8 Å². The van der Waals surface area contributed by atoms with Crippen molar-refractivity contribution in [1.82, 2.24) is 10.4 Å². The summed E-state index contributed by atoms with van der Waals surface area (Å²) in [5, 5.41) is 14.2. The molecule has 1 amide bonds. The Morgan fingerprint density at radius 1 is 1.32 bits per heavy atom. The molecule has 0 saturated carbocycles. The molecule has 0 atom stereocenters. The summed E-state index contributed by atoms with van der Waals surface area (Å²) in [5.41, 5.74) is 5.38. The van der Waals surface area contributed by atoms with Gasteiger partial charge in [0.2, 0.25) is 0 Å². The second kappa shape index (κ2) is 7.85. The first-order chi connectivity index (χ1) is 12.2. The highest BCUT2D eigenvalue weighted by molar-refractivity contribution is 7.99. The molecule has 3 aromatic rings. The molecule has 3 N–H and O–H groups in total. The number of para-hydroxylation sites is 2. The van der Waals surface area contributed by atoms with Crippen molar-refractivity contribution in [2.45, 2.75) is 18.6 Å². The maximum atomic E-state index is 12.0. The maximum absolute atomic E-state index is 12.0. The van der Waals surface area contributed by atoms with Crippen LogP contribution in [0, 0.1) is 0 Å². The van der Waals surface area contributed by atoms with E-state index < -0.39 is 0 Å². The number of benzene rings is 2. The number of hydrazone groups is 1. The second-order valence-electron chi connectivity index (χ2n) is 5.37. The molecule has 0 aliphatic heterocycles. The van der Waals surface area contributed by atoms with Crippen LogP contribution in [0.4, 0.5) is 0 Å². The van der Waals surface area contributed by atoms with Gasteiger partial charge in [-0.1, -0.05) is 24.3 Å². The number of aryl methyl sites for hydroxylation is 1. The number of hydrogen-bond acceptors (Lipinski definition) is 4. The Balaban J connectivity index is 1.59. The normalized spacial score (nSPS) is 11.2. The summed E-state index contributed by atoms with van der Waals surface area (Å²) in [5.74, 6) is 0.223. The van der Waals surface area contributed by atoms with Crippen molar-refractivity contribution in [1.29, 1.82) is 0 Å². The molecule has 128 valence electrons. The third kappa shape index (κ3) is 4.19. The van der Waals surface area contributed by atoms with Crippen molar-refractivity contribution in [3.8, 4) is 5.75 Å². The summed E-state index contributed by atoms with van der Waals surface area (Å²) in [6, 6.07) is 14.7. The summed E-state index contributed by atoms with van der Waals surface area (Å²) in [4.78, 5) is 15.3. The first-order valence-electron chi connectivity index (χ1n) is 7.91. The molecule has 0 aliphatic carbocycles. The van der Waals surface area contributed by atoms with E-state index in [0.29, 0.717) is 5.56 Å². The third-order valence-corrected chi connectivity index (χ3v) is 4.61. The van der Waals surface area contributed by atoms with E-state index in [2.05, 4.69) is 33.1 Å². The Hall–Kier alpha value is -2.80. The Morgan fingerprint density at radius 2 is 2.16 bits per heavy atom. The number of imidazole rings is 1. The van der Waals surface area contributed by atoms with Gasteiger partial charge in [0, 0.05) is 0 Å². The van der Waals surface area contributed by atoms with Crippen LogP contribution < -0.4 is 9.99 Å². The summed E-state index contributed by atoms with van der Waals surface area (Å²) < 4.78 is 2.14. The number of aromatic hydroxyl groups is 1. The van der Waals surface area contributed by atoms with Gasteiger partial charge in [-0.15, -0.1) is 0 Å². The Kier molecular flexibility index (Phi) is 5.35. The Bertz CT molecular complexity index is 920. The van der Waals surface area contributed by atoms with E-state index in [9.17, 15) is 9.90 Å². The molecule has 0 bridgehead atoms. The zero-order valence-electron chi connectivity index (χ0n) is 13.8. The van der Waals surface area contributed by atoms with Gasteiger partial charge in [-0.2, -0.15) is 5.10 Å². The number of aromatic nitrogens is 2. The number of nitrogens with zero attached hydrogens (tertiary/aromatic N) is 2. The van der Waals surface area contributed by atoms with Crippen LogP contribution in [0.1, 0.15) is 12.5 Å². The Labute approximate surface area is 149 Å². The molecule has 0 aliphatic rings. The van der Waals surface area contributed by atoms with E-state index in [-0.39, 0.29) is 17.4 Å². The number of thioether (sulfide) groups is 1. The van der Waals surface area contributed by atoms with Crippen LogP contribution in [0.3, 0.4) is 0 Å². The number of carbonyl (C=O) groups is 1. The van der Waals surface area contributed by atoms with Gasteiger partial charge in [0.1, 0.15) is 5.75 Å². The second-order valence-corrected chi connectivity index (χ2v) is 6.33. The first-order valence-corrected chi connectivity index (χ1v) is 8.90. The zero-order valence-corrected chi connectivity index (χ0v) is 14.6. The van der Waals surface area contributed by atoms with E-state index in [0.717, 1.165) is 22.7 Å². The molecule has 0 unspecified atom stereocenters. The van der Waals surface area contributed by atoms with Gasteiger partial charge < -0.3 is 5.11 Å². The number of amides is 1. The minimum absolute atomic E-state index is 0.161. The lowest BCUT2D eigenvalue weighted by atomic mass is 10.2. The maximum Gasteiger partial charge on any atom is 0.317 e. The number of carbonyl (C=O) groups excluding carboxylic acids is 1. The average molecular weight is 355 g/mol. The van der Waals surface area contributed by atoms with Crippen LogP contribution in [0.25, 0.3) is 11.0 Å². The quantitative estimate of drug-likeness (QED) is 0.275. The monoisotopic (exact) mass is 355 g/mol. The predicted octanol–water partition coefficient (Wildman–Crippen LogP) is 2.42. The lowest BCUT2D eigenvalue weighted by molar-refractivity contribution is -0.705. The van der Waals surface area contributed by atoms with Crippen molar-refractivity contribution in [2.24, 2.45) is 5.10 Å². The molecule has 1 aromatic heterocycles. The van der Waals surface area contributed by atoms with Gasteiger partial charge in [0.05, 0.1) is 18.5 Å². The molecule has 2 aromatic carbocycles. The van der Waals surface area contributed by atoms with E-state index in [1.54, 1.807) is 24.3 Å². The molecule has 0 saturated heterocycles. The van der Waals surface area contributed by atoms with Crippen molar-refractivity contribution in [3.05, 3.63) is 54.1 Å². The molecule has 7 heteroatoms. The highest BCUT2D eigenvalue weighted by Crippen LogP contribution is 2.17. The molecule has 6 nitrogen and oxygen atoms in total. The van der Waals surface area contributed by atoms with Crippen LogP contribution in [0.5, 0.6) is 5.75 Å². The van der Waals surface area contributed by atoms with Crippen LogP contribution in [0.2, 0.25) is 0 Å². The summed E-state index contributed by atoms with van der Waals surface area (Å²) in [6.07, 6.45) is 1.50. The number of H-pyrrole nitrogens is 1. The van der Waals surface area contributed by atoms with Crippen molar-refractivity contribution in [2.75, 3.05) is 5.75 Å². The number of phenolic OH excluding ortho intramolecular Hbond substituents is 1. The zero-order chi connectivity index (χ0) is 17.6. The van der Waals surface area contributed by atoms with Crippen molar-refractivity contribution >= 4 is 34.9 Å². The van der Waals surface area contributed by atoms with E-state index in [1.807, 2.05) is 18.2 Å². The number of fused-ring (bicyclic) bond motifs is 1. The number of hydrogen-bond donors (Lipinski definition) is 3. The van der Waals surface area contributed by atoms with Gasteiger partial charge in [-0.25, -0.2) is 15.0 Å². The van der Waals surface area contributed by atoms with Crippen LogP contribution in [-0.4, -0.2) is 28.0 Å². The molecular formula is C18H19N4O2S+. The SMILES string of the molecule is CC[n+]1c(SCC(=O)N/N=C/c2cccc(O)c2)[nH]c2ccccc21. The molecular weight excluding hydrogens is 336 g/mol. The summed E-state index contributed by atoms with van der Waals surface area (Å²) in [7, 11) is 0. The summed E-state index contributed by atoms with van der Waals surface area (Å²) in [6.45, 7) is 2.90. The van der Waals surface area contributed by atoms with Gasteiger partial charge >= 0.3 is 5.16 Å². The van der Waals surface area contributed by atoms with Crippen molar-refractivity contribution < 1.29 is 14.5 Å². The van der Waals surface area contributed by atoms with Gasteiger partial charge in [-0.05, 0) is 48.5 Å². The van der Waals surface area contributed by atoms with Gasteiger partial charge in [0.25, 0.3) is 5.91 Å². The molecule has 0 spiro atoms. The molecule has 25 heavy (non-hydrogen) atoms. The first kappa shape index (κ1) is 17.0. The summed E-state index contributed by atoms with van der Waals surface area (Å²) >= 11 is 1.44. The highest BCUT2D eigenvalue weighted by Gasteiger charge is 2.18. The lowest BCUT2D eigenvalue weighted by Crippen LogP contribution is -2.34. The molecule has 0 fully saturated rings. The van der Waals surface area contributed by atoms with Gasteiger partial charge in [0.15, 0.2) is 11.0 Å². The fourth-order valence-electron chi connectivity index (χ4n) is 2.48. The average Bonchev–Trinajstić information content (AvgIpc) is 2.97. The standard InChI is InChI=1S/C18H18N4O2S/c1-2-22-16-9-4-3-8-15(16)20-18(22)25-12-17(24)21-19-11-13-6-5-7-14(23)10-13/h3-11H,2,12H2,1H3,(H2,21,23,24)/p+1/b19-11+. The van der Waals surface area contributed by atoms with Crippen LogP contribution in [0.15, 0.2) is 58.8 Å². The number of phenols is 1. The molecule has 3 rings (SSSR count). The Morgan fingerprint density at radius 3 is 2.96 bits per heavy atom. The van der Waals surface area contributed by atoms with E-state index >= 15 is 0 Å².